The monoisotopic (exact) mass is 352 g/mol. The van der Waals surface area contributed by atoms with Crippen molar-refractivity contribution in [1.29, 1.82) is 0 Å². The molecule has 0 spiro atoms. The van der Waals surface area contributed by atoms with Crippen molar-refractivity contribution in [2.75, 3.05) is 25.4 Å². The summed E-state index contributed by atoms with van der Waals surface area (Å²) in [5.41, 5.74) is 1.34. The number of rotatable bonds is 8. The van der Waals surface area contributed by atoms with Gasteiger partial charge in [0.05, 0.1) is 11.9 Å². The van der Waals surface area contributed by atoms with Gasteiger partial charge in [0.2, 0.25) is 10.0 Å². The molecule has 0 amide bonds. The van der Waals surface area contributed by atoms with E-state index in [9.17, 15) is 8.42 Å². The second-order valence-corrected chi connectivity index (χ2v) is 9.05. The van der Waals surface area contributed by atoms with Crippen LogP contribution in [0.1, 0.15) is 38.2 Å². The molecule has 0 aromatic heterocycles. The van der Waals surface area contributed by atoms with Crippen LogP contribution in [0, 0.1) is 5.92 Å². The highest BCUT2D eigenvalue weighted by Crippen LogP contribution is 2.31. The van der Waals surface area contributed by atoms with Gasteiger partial charge in [-0.2, -0.15) is 0 Å². The van der Waals surface area contributed by atoms with Crippen LogP contribution in [0.2, 0.25) is 0 Å². The van der Waals surface area contributed by atoms with Gasteiger partial charge in [-0.05, 0) is 69.3 Å². The van der Waals surface area contributed by atoms with E-state index < -0.39 is 10.0 Å². The van der Waals surface area contributed by atoms with Crippen LogP contribution < -0.4 is 9.46 Å². The molecular weight excluding hydrogens is 324 g/mol. The van der Waals surface area contributed by atoms with Crippen LogP contribution in [-0.2, 0) is 16.6 Å². The molecule has 1 heterocycles. The van der Waals surface area contributed by atoms with Crippen LogP contribution in [0.25, 0.3) is 0 Å². The largest absolute Gasteiger partial charge is 0.490 e. The highest BCUT2D eigenvalue weighted by atomic mass is 32.2. The quantitative estimate of drug-likeness (QED) is 0.780. The van der Waals surface area contributed by atoms with E-state index in [-0.39, 0.29) is 11.9 Å². The first-order valence-corrected chi connectivity index (χ1v) is 10.6. The van der Waals surface area contributed by atoms with E-state index in [1.807, 2.05) is 0 Å². The highest BCUT2D eigenvalue weighted by molar-refractivity contribution is 7.89. The number of benzene rings is 1. The standard InChI is InChI=1S/C18H28N2O3S/c1-2-24(21,22)19-13-16-11-18(12-16)23-17-7-5-15(6-8-17)14-20-9-3-4-10-20/h5-8,16,18-19H,2-4,9-14H2,1H3. The zero-order valence-electron chi connectivity index (χ0n) is 14.4. The maximum Gasteiger partial charge on any atom is 0.211 e. The summed E-state index contributed by atoms with van der Waals surface area (Å²) in [5, 5.41) is 0. The van der Waals surface area contributed by atoms with Crippen molar-refractivity contribution in [3.63, 3.8) is 0 Å². The highest BCUT2D eigenvalue weighted by Gasteiger charge is 2.31. The molecule has 0 radical (unpaired) electrons. The SMILES string of the molecule is CCS(=O)(=O)NCC1CC(Oc2ccc(CN3CCCC3)cc2)C1. The van der Waals surface area contributed by atoms with Crippen molar-refractivity contribution >= 4 is 10.0 Å². The Labute approximate surface area is 145 Å². The molecule has 1 aliphatic carbocycles. The van der Waals surface area contributed by atoms with E-state index in [2.05, 4.69) is 33.9 Å². The van der Waals surface area contributed by atoms with Gasteiger partial charge in [0, 0.05) is 13.1 Å². The lowest BCUT2D eigenvalue weighted by atomic mass is 9.82. The van der Waals surface area contributed by atoms with Gasteiger partial charge in [0.1, 0.15) is 5.75 Å². The second-order valence-electron chi connectivity index (χ2n) is 6.96. The van der Waals surface area contributed by atoms with E-state index in [0.717, 1.165) is 25.1 Å². The zero-order valence-corrected chi connectivity index (χ0v) is 15.2. The van der Waals surface area contributed by atoms with Crippen molar-refractivity contribution in [2.45, 2.75) is 45.3 Å². The third-order valence-corrected chi connectivity index (χ3v) is 6.36. The van der Waals surface area contributed by atoms with Crippen LogP contribution >= 0.6 is 0 Å². The Balaban J connectivity index is 1.38. The fourth-order valence-electron chi connectivity index (χ4n) is 3.35. The molecule has 1 saturated carbocycles. The minimum absolute atomic E-state index is 0.142. The predicted molar refractivity (Wildman–Crippen MR) is 95.6 cm³/mol. The lowest BCUT2D eigenvalue weighted by Gasteiger charge is -2.35. The van der Waals surface area contributed by atoms with Gasteiger partial charge >= 0.3 is 0 Å². The van der Waals surface area contributed by atoms with Crippen LogP contribution in [0.15, 0.2) is 24.3 Å². The molecule has 1 aliphatic heterocycles. The van der Waals surface area contributed by atoms with Gasteiger partial charge in [-0.15, -0.1) is 0 Å². The second kappa shape index (κ2) is 7.85. The first kappa shape index (κ1) is 17.7. The van der Waals surface area contributed by atoms with Crippen LogP contribution in [0.3, 0.4) is 0 Å². The van der Waals surface area contributed by atoms with Crippen molar-refractivity contribution in [2.24, 2.45) is 5.92 Å². The average molecular weight is 353 g/mol. The van der Waals surface area contributed by atoms with E-state index in [4.69, 9.17) is 4.74 Å². The summed E-state index contributed by atoms with van der Waals surface area (Å²) >= 11 is 0. The molecule has 3 rings (SSSR count). The lowest BCUT2D eigenvalue weighted by molar-refractivity contribution is 0.0673. The smallest absolute Gasteiger partial charge is 0.211 e. The van der Waals surface area contributed by atoms with Crippen LogP contribution in [-0.4, -0.2) is 44.8 Å². The Bertz CT molecular complexity index is 618. The van der Waals surface area contributed by atoms with Gasteiger partial charge in [-0.3, -0.25) is 4.90 Å². The molecule has 2 aliphatic rings. The summed E-state index contributed by atoms with van der Waals surface area (Å²) in [5.74, 6) is 1.45. The molecule has 1 aromatic carbocycles. The average Bonchev–Trinajstić information content (AvgIpc) is 3.04. The number of nitrogens with one attached hydrogen (secondary N) is 1. The molecule has 2 fully saturated rings. The van der Waals surface area contributed by atoms with E-state index in [1.54, 1.807) is 6.92 Å². The predicted octanol–water partition coefficient (Wildman–Crippen LogP) is 2.38. The number of ether oxygens (including phenoxy) is 1. The molecule has 6 heteroatoms. The minimum Gasteiger partial charge on any atom is -0.490 e. The molecule has 1 N–H and O–H groups in total. The van der Waals surface area contributed by atoms with E-state index in [1.165, 1.54) is 31.5 Å². The van der Waals surface area contributed by atoms with Gasteiger partial charge < -0.3 is 4.74 Å². The number of nitrogens with zero attached hydrogens (tertiary/aromatic N) is 1. The number of hydrogen-bond donors (Lipinski definition) is 1. The maximum absolute atomic E-state index is 11.4. The van der Waals surface area contributed by atoms with Crippen LogP contribution in [0.5, 0.6) is 5.75 Å². The first-order chi connectivity index (χ1) is 11.5. The van der Waals surface area contributed by atoms with Crippen LogP contribution in [0.4, 0.5) is 0 Å². The summed E-state index contributed by atoms with van der Waals surface area (Å²) in [6.45, 7) is 5.64. The summed E-state index contributed by atoms with van der Waals surface area (Å²) < 4.78 is 31.5. The van der Waals surface area contributed by atoms with Gasteiger partial charge in [-0.25, -0.2) is 13.1 Å². The topological polar surface area (TPSA) is 58.6 Å². The lowest BCUT2D eigenvalue weighted by Crippen LogP contribution is -2.41. The van der Waals surface area contributed by atoms with Gasteiger partial charge in [-0.1, -0.05) is 12.1 Å². The molecule has 1 saturated heterocycles. The molecule has 0 atom stereocenters. The molecule has 0 unspecified atom stereocenters. The maximum atomic E-state index is 11.4. The number of hydrogen-bond acceptors (Lipinski definition) is 4. The van der Waals surface area contributed by atoms with Crippen molar-refractivity contribution in [3.8, 4) is 5.75 Å². The number of likely N-dealkylation sites (tertiary alicyclic amines) is 1. The Morgan fingerprint density at radius 2 is 1.83 bits per heavy atom. The fraction of sp³-hybridized carbons (Fsp3) is 0.667. The van der Waals surface area contributed by atoms with Gasteiger partial charge in [0.15, 0.2) is 0 Å². The van der Waals surface area contributed by atoms with E-state index >= 15 is 0 Å². The Kier molecular flexibility index (Phi) is 5.79. The molecule has 0 bridgehead atoms. The molecule has 5 nitrogen and oxygen atoms in total. The Morgan fingerprint density at radius 3 is 2.46 bits per heavy atom. The Hall–Kier alpha value is -1.11. The normalized spacial score (nSPS) is 24.7. The van der Waals surface area contributed by atoms with Crippen molar-refractivity contribution in [3.05, 3.63) is 29.8 Å². The molecule has 134 valence electrons. The Morgan fingerprint density at radius 1 is 1.17 bits per heavy atom. The first-order valence-electron chi connectivity index (χ1n) is 8.99. The summed E-state index contributed by atoms with van der Waals surface area (Å²) in [6, 6.07) is 8.41. The molecule has 24 heavy (non-hydrogen) atoms. The number of sulfonamides is 1. The van der Waals surface area contributed by atoms with Gasteiger partial charge in [0.25, 0.3) is 0 Å². The van der Waals surface area contributed by atoms with Crippen molar-refractivity contribution < 1.29 is 13.2 Å². The summed E-state index contributed by atoms with van der Waals surface area (Å²) in [4.78, 5) is 2.49. The third-order valence-electron chi connectivity index (χ3n) is 5.00. The zero-order chi connectivity index (χ0) is 17.0. The van der Waals surface area contributed by atoms with Crippen molar-refractivity contribution in [1.82, 2.24) is 9.62 Å². The fourth-order valence-corrected chi connectivity index (χ4v) is 4.04. The summed E-state index contributed by atoms with van der Waals surface area (Å²) in [7, 11) is -3.08. The van der Waals surface area contributed by atoms with E-state index in [0.29, 0.717) is 12.5 Å². The summed E-state index contributed by atoms with van der Waals surface area (Å²) in [6.07, 6.45) is 4.69. The minimum atomic E-state index is -3.08. The molecular formula is C18H28N2O3S. The third kappa shape index (κ3) is 4.94. The molecule has 1 aromatic rings.